The number of pyridine rings is 1. The van der Waals surface area contributed by atoms with Gasteiger partial charge in [0.15, 0.2) is 0 Å². The number of carbonyl (C=O) groups excluding carboxylic acids is 3. The Kier molecular flexibility index (Phi) is 8.53. The minimum absolute atomic E-state index is 0.102. The van der Waals surface area contributed by atoms with Crippen LogP contribution in [0.5, 0.6) is 0 Å². The molecule has 0 aliphatic heterocycles. The molecule has 7 nitrogen and oxygen atoms in total. The number of rotatable bonds is 8. The lowest BCUT2D eigenvalue weighted by Crippen LogP contribution is -2.49. The Morgan fingerprint density at radius 2 is 1.61 bits per heavy atom. The van der Waals surface area contributed by atoms with Crippen LogP contribution in [0.2, 0.25) is 0 Å². The van der Waals surface area contributed by atoms with Gasteiger partial charge in [0.05, 0.1) is 0 Å². The molecular formula is C28H31FN4O3. The summed E-state index contributed by atoms with van der Waals surface area (Å²) in [5, 5.41) is 5.61. The van der Waals surface area contributed by atoms with E-state index in [-0.39, 0.29) is 18.7 Å². The van der Waals surface area contributed by atoms with Crippen LogP contribution in [0.3, 0.4) is 0 Å². The van der Waals surface area contributed by atoms with Gasteiger partial charge in [-0.2, -0.15) is 0 Å². The van der Waals surface area contributed by atoms with Crippen LogP contribution in [0, 0.1) is 12.7 Å². The highest BCUT2D eigenvalue weighted by molar-refractivity contribution is 6.03. The lowest BCUT2D eigenvalue weighted by molar-refractivity contribution is -0.128. The minimum atomic E-state index is -1.07. The van der Waals surface area contributed by atoms with Crippen LogP contribution in [-0.4, -0.2) is 28.2 Å². The van der Waals surface area contributed by atoms with Crippen molar-refractivity contribution in [2.75, 3.05) is 10.2 Å². The fraction of sp³-hybridized carbons (Fsp3) is 0.286. The number of nitrogens with zero attached hydrogens (tertiary/aromatic N) is 2. The quantitative estimate of drug-likeness (QED) is 0.468. The summed E-state index contributed by atoms with van der Waals surface area (Å²) in [7, 11) is 0. The zero-order valence-electron chi connectivity index (χ0n) is 20.9. The van der Waals surface area contributed by atoms with Crippen LogP contribution >= 0.6 is 0 Å². The van der Waals surface area contributed by atoms with Crippen molar-refractivity contribution in [1.29, 1.82) is 0 Å². The predicted octanol–water partition coefficient (Wildman–Crippen LogP) is 4.94. The molecule has 0 aliphatic rings. The smallest absolute Gasteiger partial charge is 0.248 e. The largest absolute Gasteiger partial charge is 0.349 e. The molecule has 2 aromatic carbocycles. The molecule has 3 aromatic rings. The summed E-state index contributed by atoms with van der Waals surface area (Å²) in [5.41, 5.74) is 1.19. The van der Waals surface area contributed by atoms with Crippen molar-refractivity contribution < 1.29 is 18.8 Å². The van der Waals surface area contributed by atoms with Crippen molar-refractivity contribution in [1.82, 2.24) is 10.3 Å². The molecule has 188 valence electrons. The third-order valence-electron chi connectivity index (χ3n) is 5.33. The van der Waals surface area contributed by atoms with Gasteiger partial charge in [0.1, 0.15) is 17.7 Å². The van der Waals surface area contributed by atoms with Gasteiger partial charge >= 0.3 is 0 Å². The van der Waals surface area contributed by atoms with Gasteiger partial charge in [-0.1, -0.05) is 36.4 Å². The van der Waals surface area contributed by atoms with Gasteiger partial charge < -0.3 is 10.6 Å². The molecule has 3 rings (SSSR count). The van der Waals surface area contributed by atoms with Crippen molar-refractivity contribution in [3.8, 4) is 0 Å². The van der Waals surface area contributed by atoms with Gasteiger partial charge in [-0.3, -0.25) is 19.3 Å². The fourth-order valence-electron chi connectivity index (χ4n) is 3.73. The summed E-state index contributed by atoms with van der Waals surface area (Å²) in [6, 6.07) is 16.8. The third-order valence-corrected chi connectivity index (χ3v) is 5.33. The molecule has 0 radical (unpaired) electrons. The summed E-state index contributed by atoms with van der Waals surface area (Å²) in [6.07, 6.45) is 1.31. The van der Waals surface area contributed by atoms with Gasteiger partial charge in [-0.25, -0.2) is 9.37 Å². The Balaban J connectivity index is 1.96. The van der Waals surface area contributed by atoms with Crippen LogP contribution in [-0.2, 0) is 14.4 Å². The number of aromatic nitrogens is 1. The van der Waals surface area contributed by atoms with E-state index in [4.69, 9.17) is 0 Å². The first-order valence-electron chi connectivity index (χ1n) is 11.7. The van der Waals surface area contributed by atoms with Gasteiger partial charge in [0.25, 0.3) is 0 Å². The number of amides is 3. The molecule has 1 aromatic heterocycles. The lowest BCUT2D eigenvalue weighted by atomic mass is 9.99. The van der Waals surface area contributed by atoms with Crippen LogP contribution in [0.1, 0.15) is 50.8 Å². The molecular weight excluding hydrogens is 459 g/mol. The molecule has 36 heavy (non-hydrogen) atoms. The van der Waals surface area contributed by atoms with E-state index >= 15 is 0 Å². The Labute approximate surface area is 210 Å². The number of hydrogen-bond acceptors (Lipinski definition) is 4. The Morgan fingerprint density at radius 3 is 2.22 bits per heavy atom. The zero-order valence-corrected chi connectivity index (χ0v) is 20.9. The second-order valence-corrected chi connectivity index (χ2v) is 9.51. The maximum Gasteiger partial charge on any atom is 0.248 e. The molecule has 0 saturated heterocycles. The van der Waals surface area contributed by atoms with E-state index < -0.39 is 29.2 Å². The van der Waals surface area contributed by atoms with Crippen molar-refractivity contribution in [3.63, 3.8) is 0 Å². The van der Waals surface area contributed by atoms with Crippen LogP contribution in [0.4, 0.5) is 15.9 Å². The summed E-state index contributed by atoms with van der Waals surface area (Å²) >= 11 is 0. The molecule has 0 spiro atoms. The Morgan fingerprint density at radius 1 is 0.944 bits per heavy atom. The third kappa shape index (κ3) is 7.21. The molecule has 2 N–H and O–H groups in total. The van der Waals surface area contributed by atoms with Crippen LogP contribution in [0.15, 0.2) is 72.9 Å². The molecule has 0 aliphatic carbocycles. The first-order valence-corrected chi connectivity index (χ1v) is 11.7. The highest BCUT2D eigenvalue weighted by Crippen LogP contribution is 2.32. The van der Waals surface area contributed by atoms with E-state index in [9.17, 15) is 18.8 Å². The van der Waals surface area contributed by atoms with Crippen molar-refractivity contribution in [2.45, 2.75) is 52.1 Å². The summed E-state index contributed by atoms with van der Waals surface area (Å²) in [5.74, 6) is -1.26. The van der Waals surface area contributed by atoms with Crippen molar-refractivity contribution in [3.05, 3.63) is 89.9 Å². The number of benzene rings is 2. The average Bonchev–Trinajstić information content (AvgIpc) is 2.82. The number of halogens is 1. The molecule has 0 fully saturated rings. The predicted molar refractivity (Wildman–Crippen MR) is 138 cm³/mol. The summed E-state index contributed by atoms with van der Waals surface area (Å²) in [4.78, 5) is 45.2. The number of nitrogens with one attached hydrogen (secondary N) is 2. The first kappa shape index (κ1) is 26.5. The van der Waals surface area contributed by atoms with Gasteiger partial charge in [0.2, 0.25) is 17.7 Å². The topological polar surface area (TPSA) is 91.4 Å². The maximum absolute atomic E-state index is 13.7. The van der Waals surface area contributed by atoms with E-state index in [1.807, 2.05) is 39.8 Å². The molecule has 8 heteroatoms. The fourth-order valence-corrected chi connectivity index (χ4v) is 3.73. The van der Waals surface area contributed by atoms with Crippen molar-refractivity contribution in [2.24, 2.45) is 0 Å². The van der Waals surface area contributed by atoms with E-state index in [1.165, 1.54) is 29.2 Å². The van der Waals surface area contributed by atoms with Crippen LogP contribution < -0.4 is 15.5 Å². The van der Waals surface area contributed by atoms with E-state index in [2.05, 4.69) is 15.6 Å². The molecule has 0 saturated carbocycles. The van der Waals surface area contributed by atoms with Gasteiger partial charge in [-0.15, -0.1) is 0 Å². The highest BCUT2D eigenvalue weighted by Gasteiger charge is 2.35. The normalized spacial score (nSPS) is 11.9. The molecule has 0 bridgehead atoms. The molecule has 1 heterocycles. The zero-order chi connectivity index (χ0) is 26.3. The van der Waals surface area contributed by atoms with E-state index in [0.717, 1.165) is 5.56 Å². The average molecular weight is 491 g/mol. The van der Waals surface area contributed by atoms with Crippen molar-refractivity contribution >= 4 is 29.2 Å². The Hall–Kier alpha value is -4.07. The number of aryl methyl sites for hydroxylation is 1. The molecule has 1 atom stereocenters. The molecule has 0 unspecified atom stereocenters. The monoisotopic (exact) mass is 490 g/mol. The second-order valence-electron chi connectivity index (χ2n) is 9.51. The molecule has 3 amide bonds. The minimum Gasteiger partial charge on any atom is -0.349 e. The first-order chi connectivity index (χ1) is 17.0. The van der Waals surface area contributed by atoms with Gasteiger partial charge in [-0.05, 0) is 69.2 Å². The lowest BCUT2D eigenvalue weighted by Gasteiger charge is -2.34. The summed E-state index contributed by atoms with van der Waals surface area (Å²) in [6.45, 7) is 7.37. The number of carbonyl (C=O) groups is 3. The van der Waals surface area contributed by atoms with Crippen LogP contribution in [0.25, 0.3) is 0 Å². The number of anilines is 2. The number of hydrogen-bond donors (Lipinski definition) is 2. The summed E-state index contributed by atoms with van der Waals surface area (Å²) < 4.78 is 13.7. The van der Waals surface area contributed by atoms with Gasteiger partial charge in [0, 0.05) is 30.3 Å². The Bertz CT molecular complexity index is 1210. The SMILES string of the molecule is Cc1ccccc1N(C(=O)CCC(=O)Nc1ccccn1)[C@@H](C(=O)NC(C)(C)C)c1ccc(F)cc1. The maximum atomic E-state index is 13.7. The number of para-hydroxylation sites is 1. The van der Waals surface area contributed by atoms with E-state index in [1.54, 1.807) is 36.5 Å². The highest BCUT2D eigenvalue weighted by atomic mass is 19.1. The standard InChI is InChI=1S/C28H31FN4O3/c1-19-9-5-6-10-22(19)33(25(35)17-16-24(34)31-23-11-7-8-18-30-23)26(27(36)32-28(2,3)4)20-12-14-21(29)15-13-20/h5-15,18,26H,16-17H2,1-4H3,(H,32,36)(H,30,31,34)/t26-/m1/s1. The van der Waals surface area contributed by atoms with E-state index in [0.29, 0.717) is 17.1 Å². The second kappa shape index (κ2) is 11.6.